The number of hydrogen-bond donors (Lipinski definition) is 1. The molecule has 106 valence electrons. The number of nitrogens with zero attached hydrogens (tertiary/aromatic N) is 2. The minimum Gasteiger partial charge on any atom is -0.359 e. The monoisotopic (exact) mass is 341 g/mol. The lowest BCUT2D eigenvalue weighted by atomic mass is 10.1. The summed E-state index contributed by atoms with van der Waals surface area (Å²) in [4.78, 5) is 15.3. The van der Waals surface area contributed by atoms with Crippen LogP contribution in [0.1, 0.15) is 17.3 Å². The molecule has 0 bridgehead atoms. The van der Waals surface area contributed by atoms with E-state index in [1.807, 2.05) is 0 Å². The second kappa shape index (κ2) is 6.60. The summed E-state index contributed by atoms with van der Waals surface area (Å²) in [5.74, 6) is 0.317. The summed E-state index contributed by atoms with van der Waals surface area (Å²) in [5, 5.41) is 6.21. The van der Waals surface area contributed by atoms with Crippen molar-refractivity contribution in [1.29, 1.82) is 0 Å². The first kappa shape index (κ1) is 14.6. The summed E-state index contributed by atoms with van der Waals surface area (Å²) in [6, 6.07) is 4.52. The van der Waals surface area contributed by atoms with Gasteiger partial charge >= 0.3 is 0 Å². The number of halogens is 2. The van der Waals surface area contributed by atoms with Crippen molar-refractivity contribution in [3.8, 4) is 0 Å². The van der Waals surface area contributed by atoms with Crippen LogP contribution in [0.4, 0.5) is 4.39 Å². The Kier molecular flexibility index (Phi) is 4.84. The SMILES string of the molecule is CNC(=O)Cc1noc(CCc2cc(F)ccc2Br)n1. The van der Waals surface area contributed by atoms with Crippen LogP contribution in [0.15, 0.2) is 27.2 Å². The van der Waals surface area contributed by atoms with Gasteiger partial charge in [0.05, 0.1) is 6.42 Å². The van der Waals surface area contributed by atoms with E-state index in [1.54, 1.807) is 13.1 Å². The molecular formula is C13H13BrFN3O2. The van der Waals surface area contributed by atoms with Crippen LogP contribution in [0.25, 0.3) is 0 Å². The molecule has 20 heavy (non-hydrogen) atoms. The highest BCUT2D eigenvalue weighted by Gasteiger charge is 2.11. The number of hydrogen-bond acceptors (Lipinski definition) is 4. The molecule has 1 aromatic carbocycles. The van der Waals surface area contributed by atoms with Crippen molar-refractivity contribution in [1.82, 2.24) is 15.5 Å². The van der Waals surface area contributed by atoms with Crippen molar-refractivity contribution in [2.24, 2.45) is 0 Å². The molecule has 0 atom stereocenters. The van der Waals surface area contributed by atoms with Gasteiger partial charge in [-0.15, -0.1) is 0 Å². The van der Waals surface area contributed by atoms with E-state index in [0.717, 1.165) is 10.0 Å². The fourth-order valence-corrected chi connectivity index (χ4v) is 2.12. The lowest BCUT2D eigenvalue weighted by Gasteiger charge is -2.02. The predicted molar refractivity (Wildman–Crippen MR) is 73.6 cm³/mol. The first-order valence-corrected chi connectivity index (χ1v) is 6.83. The first-order valence-electron chi connectivity index (χ1n) is 6.04. The van der Waals surface area contributed by atoms with Gasteiger partial charge in [0.15, 0.2) is 5.82 Å². The van der Waals surface area contributed by atoms with Gasteiger partial charge in [0, 0.05) is 17.9 Å². The zero-order valence-electron chi connectivity index (χ0n) is 10.8. The molecule has 1 amide bonds. The predicted octanol–water partition coefficient (Wildman–Crippen LogP) is 2.04. The van der Waals surface area contributed by atoms with E-state index in [4.69, 9.17) is 4.52 Å². The number of carbonyl (C=O) groups is 1. The van der Waals surface area contributed by atoms with Gasteiger partial charge in [0.25, 0.3) is 0 Å². The standard InChI is InChI=1S/C13H13BrFN3O2/c1-16-12(19)7-11-17-13(20-18-11)5-2-8-6-9(15)3-4-10(8)14/h3-4,6H,2,5,7H2,1H3,(H,16,19). The van der Waals surface area contributed by atoms with Gasteiger partial charge in [0.2, 0.25) is 11.8 Å². The van der Waals surface area contributed by atoms with E-state index in [9.17, 15) is 9.18 Å². The zero-order chi connectivity index (χ0) is 14.5. The van der Waals surface area contributed by atoms with E-state index >= 15 is 0 Å². The van der Waals surface area contributed by atoms with Crippen molar-refractivity contribution in [3.05, 3.63) is 45.8 Å². The third kappa shape index (κ3) is 3.86. The van der Waals surface area contributed by atoms with E-state index in [0.29, 0.717) is 24.6 Å². The van der Waals surface area contributed by atoms with Gasteiger partial charge in [-0.1, -0.05) is 21.1 Å². The first-order chi connectivity index (χ1) is 9.58. The Hall–Kier alpha value is -1.76. The maximum absolute atomic E-state index is 13.1. The molecule has 0 spiro atoms. The van der Waals surface area contributed by atoms with E-state index < -0.39 is 0 Å². The molecule has 0 aliphatic carbocycles. The molecule has 0 aliphatic heterocycles. The topological polar surface area (TPSA) is 68.0 Å². The molecule has 5 nitrogen and oxygen atoms in total. The molecule has 1 heterocycles. The summed E-state index contributed by atoms with van der Waals surface area (Å²) < 4.78 is 19.0. The van der Waals surface area contributed by atoms with Crippen molar-refractivity contribution >= 4 is 21.8 Å². The van der Waals surface area contributed by atoms with E-state index in [-0.39, 0.29) is 18.1 Å². The molecule has 0 saturated carbocycles. The summed E-state index contributed by atoms with van der Waals surface area (Å²) in [7, 11) is 1.55. The summed E-state index contributed by atoms with van der Waals surface area (Å²) in [6.07, 6.45) is 1.15. The average Bonchev–Trinajstić information content (AvgIpc) is 2.87. The molecule has 0 unspecified atom stereocenters. The number of rotatable bonds is 5. The highest BCUT2D eigenvalue weighted by molar-refractivity contribution is 9.10. The Labute approximate surface area is 123 Å². The second-order valence-corrected chi connectivity index (χ2v) is 5.04. The maximum Gasteiger partial charge on any atom is 0.227 e. The van der Waals surface area contributed by atoms with Crippen LogP contribution in [0, 0.1) is 5.82 Å². The lowest BCUT2D eigenvalue weighted by molar-refractivity contribution is -0.120. The Bertz CT molecular complexity index is 615. The Balaban J connectivity index is 1.97. The van der Waals surface area contributed by atoms with Gasteiger partial charge < -0.3 is 9.84 Å². The molecule has 0 fully saturated rings. The number of aromatic nitrogens is 2. The zero-order valence-corrected chi connectivity index (χ0v) is 12.4. The normalized spacial score (nSPS) is 10.6. The third-order valence-corrected chi connectivity index (χ3v) is 3.50. The van der Waals surface area contributed by atoms with Crippen LogP contribution in [0.5, 0.6) is 0 Å². The van der Waals surface area contributed by atoms with Crippen LogP contribution in [0.3, 0.4) is 0 Å². The van der Waals surface area contributed by atoms with E-state index in [2.05, 4.69) is 31.4 Å². The van der Waals surface area contributed by atoms with Crippen LogP contribution >= 0.6 is 15.9 Å². The highest BCUT2D eigenvalue weighted by Crippen LogP contribution is 2.19. The van der Waals surface area contributed by atoms with Crippen molar-refractivity contribution < 1.29 is 13.7 Å². The molecule has 7 heteroatoms. The summed E-state index contributed by atoms with van der Waals surface area (Å²) >= 11 is 3.37. The molecular weight excluding hydrogens is 329 g/mol. The summed E-state index contributed by atoms with van der Waals surface area (Å²) in [6.45, 7) is 0. The number of carbonyl (C=O) groups excluding carboxylic acids is 1. The van der Waals surface area contributed by atoms with Gasteiger partial charge in [-0.2, -0.15) is 4.98 Å². The molecule has 1 N–H and O–H groups in total. The number of aryl methyl sites for hydroxylation is 2. The maximum atomic E-state index is 13.1. The van der Waals surface area contributed by atoms with Gasteiger partial charge in [0.1, 0.15) is 5.82 Å². The number of benzene rings is 1. The number of likely N-dealkylation sites (N-methyl/N-ethyl adjacent to an activating group) is 1. The molecule has 0 saturated heterocycles. The molecule has 2 aromatic rings. The molecule has 0 radical (unpaired) electrons. The summed E-state index contributed by atoms with van der Waals surface area (Å²) in [5.41, 5.74) is 0.830. The molecule has 2 rings (SSSR count). The lowest BCUT2D eigenvalue weighted by Crippen LogP contribution is -2.20. The minimum atomic E-state index is -0.283. The Morgan fingerprint density at radius 2 is 2.25 bits per heavy atom. The van der Waals surface area contributed by atoms with Crippen LogP contribution in [0.2, 0.25) is 0 Å². The highest BCUT2D eigenvalue weighted by atomic mass is 79.9. The third-order valence-electron chi connectivity index (χ3n) is 2.72. The molecule has 0 aliphatic rings. The Morgan fingerprint density at radius 1 is 1.45 bits per heavy atom. The van der Waals surface area contributed by atoms with E-state index in [1.165, 1.54) is 12.1 Å². The Morgan fingerprint density at radius 3 is 3.00 bits per heavy atom. The van der Waals surface area contributed by atoms with Crippen molar-refractivity contribution in [2.75, 3.05) is 7.05 Å². The fraction of sp³-hybridized carbons (Fsp3) is 0.308. The van der Waals surface area contributed by atoms with Gasteiger partial charge in [-0.25, -0.2) is 4.39 Å². The van der Waals surface area contributed by atoms with Gasteiger partial charge in [-0.3, -0.25) is 4.79 Å². The number of nitrogens with one attached hydrogen (secondary N) is 1. The van der Waals surface area contributed by atoms with Gasteiger partial charge in [-0.05, 0) is 30.2 Å². The van der Waals surface area contributed by atoms with Crippen LogP contribution in [-0.2, 0) is 24.1 Å². The quantitative estimate of drug-likeness (QED) is 0.903. The second-order valence-electron chi connectivity index (χ2n) is 4.19. The van der Waals surface area contributed by atoms with Crippen molar-refractivity contribution in [3.63, 3.8) is 0 Å². The minimum absolute atomic E-state index is 0.0870. The molecule has 1 aromatic heterocycles. The fourth-order valence-electron chi connectivity index (χ4n) is 1.67. The average molecular weight is 342 g/mol. The largest absolute Gasteiger partial charge is 0.359 e. The smallest absolute Gasteiger partial charge is 0.227 e. The van der Waals surface area contributed by atoms with Crippen molar-refractivity contribution in [2.45, 2.75) is 19.3 Å². The number of amides is 1. The van der Waals surface area contributed by atoms with Crippen LogP contribution in [-0.4, -0.2) is 23.1 Å². The van der Waals surface area contributed by atoms with Crippen LogP contribution < -0.4 is 5.32 Å².